The summed E-state index contributed by atoms with van der Waals surface area (Å²) in [5, 5.41) is 0. The van der Waals surface area contributed by atoms with E-state index in [0.29, 0.717) is 0 Å². The van der Waals surface area contributed by atoms with Crippen LogP contribution in [0.1, 0.15) is 51.8 Å². The third-order valence-corrected chi connectivity index (χ3v) is 5.99. The highest BCUT2D eigenvalue weighted by Crippen LogP contribution is 2.40. The van der Waals surface area contributed by atoms with Crippen molar-refractivity contribution in [3.63, 3.8) is 0 Å². The summed E-state index contributed by atoms with van der Waals surface area (Å²) in [6.07, 6.45) is 4.27. The Morgan fingerprint density at radius 3 is 2.37 bits per heavy atom. The van der Waals surface area contributed by atoms with Crippen LogP contribution in [0.15, 0.2) is 54.7 Å². The first-order valence-corrected chi connectivity index (χ1v) is 10.3. The molecule has 1 atom stereocenters. The van der Waals surface area contributed by atoms with E-state index in [9.17, 15) is 0 Å². The van der Waals surface area contributed by atoms with E-state index in [0.717, 1.165) is 30.4 Å². The minimum atomic E-state index is -0.406. The topological polar surface area (TPSA) is 19.4 Å². The quantitative estimate of drug-likeness (QED) is 0.688. The van der Waals surface area contributed by atoms with E-state index in [1.165, 1.54) is 18.4 Å². The highest BCUT2D eigenvalue weighted by Gasteiger charge is 2.49. The SMILES string of the molecule is CCCCN1CN(C(C)(C)C)C(=S)C(c2ccccc2)(c2ccccn2)C1. The lowest BCUT2D eigenvalue weighted by Gasteiger charge is -2.53. The molecule has 0 amide bonds. The summed E-state index contributed by atoms with van der Waals surface area (Å²) >= 11 is 6.20. The maximum atomic E-state index is 6.20. The Kier molecular flexibility index (Phi) is 5.97. The van der Waals surface area contributed by atoms with Crippen LogP contribution < -0.4 is 0 Å². The number of aromatic nitrogens is 1. The summed E-state index contributed by atoms with van der Waals surface area (Å²) in [4.78, 5) is 10.7. The van der Waals surface area contributed by atoms with Crippen molar-refractivity contribution >= 4 is 17.2 Å². The van der Waals surface area contributed by atoms with Crippen molar-refractivity contribution in [3.8, 4) is 0 Å². The Morgan fingerprint density at radius 2 is 1.78 bits per heavy atom. The molecule has 0 N–H and O–H groups in total. The standard InChI is InChI=1S/C23H31N3S/c1-5-6-16-25-17-23(19-12-8-7-9-13-19,20-14-10-11-15-24-20)21(27)26(18-25)22(2,3)4/h7-15H,5-6,16-18H2,1-4H3. The normalized spacial score (nSPS) is 21.5. The van der Waals surface area contributed by atoms with Gasteiger partial charge in [-0.15, -0.1) is 0 Å². The van der Waals surface area contributed by atoms with Crippen LogP contribution in [0.3, 0.4) is 0 Å². The van der Waals surface area contributed by atoms with Gasteiger partial charge in [0.1, 0.15) is 5.41 Å². The Balaban J connectivity index is 2.18. The maximum absolute atomic E-state index is 6.20. The Hall–Kier alpha value is -1.78. The predicted molar refractivity (Wildman–Crippen MR) is 117 cm³/mol. The Labute approximate surface area is 169 Å². The first-order chi connectivity index (χ1) is 12.9. The first-order valence-electron chi connectivity index (χ1n) is 9.91. The van der Waals surface area contributed by atoms with Gasteiger partial charge >= 0.3 is 0 Å². The molecule has 2 aromatic rings. The molecule has 3 nitrogen and oxygen atoms in total. The molecule has 2 heterocycles. The highest BCUT2D eigenvalue weighted by molar-refractivity contribution is 7.80. The molecule has 0 aliphatic carbocycles. The molecule has 3 rings (SSSR count). The second-order valence-corrected chi connectivity index (χ2v) is 8.82. The summed E-state index contributed by atoms with van der Waals surface area (Å²) in [6.45, 7) is 11.8. The fourth-order valence-electron chi connectivity index (χ4n) is 3.89. The average Bonchev–Trinajstić information content (AvgIpc) is 2.67. The van der Waals surface area contributed by atoms with Crippen LogP contribution in [-0.4, -0.2) is 45.1 Å². The summed E-state index contributed by atoms with van der Waals surface area (Å²) in [7, 11) is 0. The van der Waals surface area contributed by atoms with Gasteiger partial charge in [0, 0.05) is 18.3 Å². The predicted octanol–water partition coefficient (Wildman–Crippen LogP) is 4.87. The summed E-state index contributed by atoms with van der Waals surface area (Å²) in [5.41, 5.74) is 1.81. The molecule has 1 saturated heterocycles. The van der Waals surface area contributed by atoms with Crippen LogP contribution >= 0.6 is 12.2 Å². The van der Waals surface area contributed by atoms with Crippen LogP contribution in [0, 0.1) is 0 Å². The molecule has 1 aromatic heterocycles. The van der Waals surface area contributed by atoms with Crippen molar-refractivity contribution < 1.29 is 0 Å². The van der Waals surface area contributed by atoms with E-state index in [1.54, 1.807) is 0 Å². The van der Waals surface area contributed by atoms with Gasteiger partial charge in [0.2, 0.25) is 0 Å². The second-order valence-electron chi connectivity index (χ2n) is 8.44. The zero-order valence-electron chi connectivity index (χ0n) is 17.0. The lowest BCUT2D eigenvalue weighted by molar-refractivity contribution is 0.0806. The molecule has 144 valence electrons. The van der Waals surface area contributed by atoms with E-state index in [4.69, 9.17) is 17.2 Å². The number of hydrogen-bond acceptors (Lipinski definition) is 3. The number of nitrogens with zero attached hydrogens (tertiary/aromatic N) is 3. The van der Waals surface area contributed by atoms with Crippen molar-refractivity contribution in [2.75, 3.05) is 19.8 Å². The monoisotopic (exact) mass is 381 g/mol. The van der Waals surface area contributed by atoms with Gasteiger partial charge in [-0.25, -0.2) is 0 Å². The maximum Gasteiger partial charge on any atom is 0.101 e. The van der Waals surface area contributed by atoms with Gasteiger partial charge in [0.05, 0.1) is 17.4 Å². The molecule has 0 spiro atoms. The first kappa shape index (κ1) is 20.0. The number of unbranched alkanes of at least 4 members (excludes halogenated alkanes) is 1. The fraction of sp³-hybridized carbons (Fsp3) is 0.478. The molecular formula is C23H31N3S. The van der Waals surface area contributed by atoms with Gasteiger partial charge in [-0.2, -0.15) is 0 Å². The van der Waals surface area contributed by atoms with Crippen LogP contribution in [0.5, 0.6) is 0 Å². The fourth-order valence-corrected chi connectivity index (χ4v) is 4.51. The van der Waals surface area contributed by atoms with Crippen LogP contribution in [0.25, 0.3) is 0 Å². The number of rotatable bonds is 5. The minimum absolute atomic E-state index is 0.0449. The van der Waals surface area contributed by atoms with E-state index in [1.807, 2.05) is 12.3 Å². The smallest absolute Gasteiger partial charge is 0.101 e. The third kappa shape index (κ3) is 3.92. The molecule has 1 aromatic carbocycles. The molecular weight excluding hydrogens is 350 g/mol. The summed E-state index contributed by atoms with van der Waals surface area (Å²) < 4.78 is 0. The van der Waals surface area contributed by atoms with Gasteiger partial charge in [0.25, 0.3) is 0 Å². The van der Waals surface area contributed by atoms with E-state index >= 15 is 0 Å². The van der Waals surface area contributed by atoms with Gasteiger partial charge in [-0.3, -0.25) is 9.88 Å². The van der Waals surface area contributed by atoms with Gasteiger partial charge in [0.15, 0.2) is 0 Å². The molecule has 0 saturated carbocycles. The number of pyridine rings is 1. The van der Waals surface area contributed by atoms with Crippen LogP contribution in [0.2, 0.25) is 0 Å². The van der Waals surface area contributed by atoms with Crippen molar-refractivity contribution in [2.45, 2.75) is 51.5 Å². The molecule has 1 aliphatic heterocycles. The number of hydrogen-bond donors (Lipinski definition) is 0. The second kappa shape index (κ2) is 8.07. The van der Waals surface area contributed by atoms with Gasteiger partial charge in [-0.1, -0.05) is 62.0 Å². The lowest BCUT2D eigenvalue weighted by Crippen LogP contribution is -2.65. The zero-order chi connectivity index (χ0) is 19.5. The largest absolute Gasteiger partial charge is 0.347 e. The molecule has 4 heteroatoms. The van der Waals surface area contributed by atoms with Gasteiger partial charge in [-0.05, 0) is 51.4 Å². The van der Waals surface area contributed by atoms with Gasteiger partial charge < -0.3 is 4.90 Å². The molecule has 1 fully saturated rings. The Bertz CT molecular complexity index is 713. The zero-order valence-corrected chi connectivity index (χ0v) is 17.8. The third-order valence-electron chi connectivity index (χ3n) is 5.42. The van der Waals surface area contributed by atoms with Crippen LogP contribution in [-0.2, 0) is 5.41 Å². The van der Waals surface area contributed by atoms with Crippen molar-refractivity contribution in [1.82, 2.24) is 14.8 Å². The summed E-state index contributed by atoms with van der Waals surface area (Å²) in [6, 6.07) is 16.9. The van der Waals surface area contributed by atoms with Crippen molar-refractivity contribution in [2.24, 2.45) is 0 Å². The highest BCUT2D eigenvalue weighted by atomic mass is 32.1. The van der Waals surface area contributed by atoms with Crippen LogP contribution in [0.4, 0.5) is 0 Å². The molecule has 1 unspecified atom stereocenters. The number of benzene rings is 1. The van der Waals surface area contributed by atoms with E-state index in [-0.39, 0.29) is 5.54 Å². The molecule has 0 bridgehead atoms. The summed E-state index contributed by atoms with van der Waals surface area (Å²) in [5.74, 6) is 0. The van der Waals surface area contributed by atoms with Crippen molar-refractivity contribution in [1.29, 1.82) is 0 Å². The Morgan fingerprint density at radius 1 is 1.07 bits per heavy atom. The molecule has 1 aliphatic rings. The average molecular weight is 382 g/mol. The van der Waals surface area contributed by atoms with Crippen molar-refractivity contribution in [3.05, 3.63) is 66.0 Å². The van der Waals surface area contributed by atoms with E-state index in [2.05, 4.69) is 80.0 Å². The number of thiocarbonyl (C=S) groups is 1. The molecule has 27 heavy (non-hydrogen) atoms. The minimum Gasteiger partial charge on any atom is -0.347 e. The molecule has 0 radical (unpaired) electrons. The van der Waals surface area contributed by atoms with E-state index < -0.39 is 5.41 Å². The lowest BCUT2D eigenvalue weighted by atomic mass is 9.74.